The van der Waals surface area contributed by atoms with Crippen LogP contribution in [0.25, 0.3) is 11.2 Å². The predicted molar refractivity (Wildman–Crippen MR) is 105 cm³/mol. The zero-order valence-electron chi connectivity index (χ0n) is 16.2. The lowest BCUT2D eigenvalue weighted by Gasteiger charge is -2.32. The first-order valence-corrected chi connectivity index (χ1v) is 9.59. The monoisotopic (exact) mass is 399 g/mol. The molecule has 2 heterocycles. The van der Waals surface area contributed by atoms with E-state index in [1.807, 2.05) is 13.0 Å². The van der Waals surface area contributed by atoms with Crippen molar-refractivity contribution in [3.05, 3.63) is 61.8 Å². The Hall–Kier alpha value is -3.23. The molecule has 0 radical (unpaired) electrons. The summed E-state index contributed by atoms with van der Waals surface area (Å²) in [7, 11) is 1.51. The van der Waals surface area contributed by atoms with Gasteiger partial charge in [0.15, 0.2) is 5.65 Å². The third kappa shape index (κ3) is 3.48. The van der Waals surface area contributed by atoms with Crippen LogP contribution in [0.5, 0.6) is 0 Å². The number of benzene rings is 1. The van der Waals surface area contributed by atoms with Gasteiger partial charge in [0.25, 0.3) is 5.56 Å². The molecule has 0 spiro atoms. The quantitative estimate of drug-likeness (QED) is 0.616. The van der Waals surface area contributed by atoms with Crippen LogP contribution in [0.1, 0.15) is 42.8 Å². The molecule has 0 aliphatic heterocycles. The van der Waals surface area contributed by atoms with Crippen molar-refractivity contribution in [3.8, 4) is 0 Å². The van der Waals surface area contributed by atoms with Gasteiger partial charge in [-0.2, -0.15) is 0 Å². The minimum atomic E-state index is -0.546. The number of hydrogen-bond donors (Lipinski definition) is 3. The molecule has 1 aromatic carbocycles. The standard InChI is InChI=1S/C20H22FN5O3/c1-10-6-7-11-12(4-3-5-13(11)21)16(10)24-15(27)9-8-14-22-17-18(23-14)26(2)20(29)25-19(17)28/h3-5,10,16H,6-9H2,1-2H3,(H,22,23)(H,24,27)(H,25,28,29). The Bertz CT molecular complexity index is 1210. The molecule has 29 heavy (non-hydrogen) atoms. The molecule has 0 fully saturated rings. The van der Waals surface area contributed by atoms with E-state index in [9.17, 15) is 18.8 Å². The molecule has 0 bridgehead atoms. The van der Waals surface area contributed by atoms with Gasteiger partial charge < -0.3 is 10.3 Å². The molecule has 2 unspecified atom stereocenters. The first-order chi connectivity index (χ1) is 13.8. The largest absolute Gasteiger partial charge is 0.349 e. The maximum absolute atomic E-state index is 14.1. The summed E-state index contributed by atoms with van der Waals surface area (Å²) in [4.78, 5) is 45.5. The molecule has 1 amide bonds. The van der Waals surface area contributed by atoms with Crippen LogP contribution in [0.4, 0.5) is 4.39 Å². The second-order valence-electron chi connectivity index (χ2n) is 7.57. The van der Waals surface area contributed by atoms with Gasteiger partial charge in [0.1, 0.15) is 17.2 Å². The highest BCUT2D eigenvalue weighted by molar-refractivity contribution is 5.77. The van der Waals surface area contributed by atoms with E-state index < -0.39 is 11.2 Å². The Morgan fingerprint density at radius 2 is 2.14 bits per heavy atom. The molecule has 2 aromatic heterocycles. The molecule has 3 aromatic rings. The van der Waals surface area contributed by atoms with Crippen molar-refractivity contribution in [1.29, 1.82) is 0 Å². The number of aromatic nitrogens is 4. The van der Waals surface area contributed by atoms with Gasteiger partial charge in [0.05, 0.1) is 6.04 Å². The molecule has 1 aliphatic rings. The van der Waals surface area contributed by atoms with Gasteiger partial charge >= 0.3 is 5.69 Å². The highest BCUT2D eigenvalue weighted by Crippen LogP contribution is 2.35. The Kier molecular flexibility index (Phi) is 4.81. The van der Waals surface area contributed by atoms with E-state index in [-0.39, 0.29) is 47.7 Å². The van der Waals surface area contributed by atoms with E-state index in [0.29, 0.717) is 17.8 Å². The minimum Gasteiger partial charge on any atom is -0.349 e. The van der Waals surface area contributed by atoms with E-state index in [1.54, 1.807) is 6.07 Å². The first-order valence-electron chi connectivity index (χ1n) is 9.59. The Balaban J connectivity index is 1.49. The van der Waals surface area contributed by atoms with Crippen LogP contribution >= 0.6 is 0 Å². The van der Waals surface area contributed by atoms with Crippen LogP contribution in [0.15, 0.2) is 27.8 Å². The summed E-state index contributed by atoms with van der Waals surface area (Å²) in [6.07, 6.45) is 1.91. The number of carbonyl (C=O) groups excluding carboxylic acids is 1. The average Bonchev–Trinajstić information content (AvgIpc) is 3.12. The van der Waals surface area contributed by atoms with Gasteiger partial charge in [-0.3, -0.25) is 19.1 Å². The summed E-state index contributed by atoms with van der Waals surface area (Å²) in [5.74, 6) is 0.242. The number of nitrogens with one attached hydrogen (secondary N) is 3. The van der Waals surface area contributed by atoms with Crippen molar-refractivity contribution < 1.29 is 9.18 Å². The molecule has 4 rings (SSSR count). The molecule has 0 saturated heterocycles. The molecular formula is C20H22FN5O3. The maximum Gasteiger partial charge on any atom is 0.329 e. The zero-order chi connectivity index (χ0) is 20.7. The van der Waals surface area contributed by atoms with E-state index in [1.165, 1.54) is 17.7 Å². The van der Waals surface area contributed by atoms with E-state index in [2.05, 4.69) is 20.3 Å². The summed E-state index contributed by atoms with van der Waals surface area (Å²) in [5, 5.41) is 3.02. The van der Waals surface area contributed by atoms with Crippen LogP contribution in [0.3, 0.4) is 0 Å². The van der Waals surface area contributed by atoms with Crippen LogP contribution in [-0.2, 0) is 24.7 Å². The Morgan fingerprint density at radius 3 is 2.93 bits per heavy atom. The van der Waals surface area contributed by atoms with Crippen LogP contribution in [-0.4, -0.2) is 25.4 Å². The molecule has 1 aliphatic carbocycles. The number of H-pyrrole nitrogens is 2. The number of hydrogen-bond acceptors (Lipinski definition) is 4. The van der Waals surface area contributed by atoms with Crippen molar-refractivity contribution in [2.24, 2.45) is 13.0 Å². The van der Waals surface area contributed by atoms with Crippen LogP contribution < -0.4 is 16.6 Å². The van der Waals surface area contributed by atoms with Crippen molar-refractivity contribution in [3.63, 3.8) is 0 Å². The normalized spacial score (nSPS) is 18.6. The molecule has 9 heteroatoms. The minimum absolute atomic E-state index is 0.152. The fraction of sp³-hybridized carbons (Fsp3) is 0.400. The number of fused-ring (bicyclic) bond motifs is 2. The fourth-order valence-corrected chi connectivity index (χ4v) is 3.94. The van der Waals surface area contributed by atoms with Gasteiger partial charge in [-0.1, -0.05) is 19.1 Å². The summed E-state index contributed by atoms with van der Waals surface area (Å²) < 4.78 is 15.3. The van der Waals surface area contributed by atoms with Crippen molar-refractivity contribution in [2.45, 2.75) is 38.6 Å². The molecule has 3 N–H and O–H groups in total. The smallest absolute Gasteiger partial charge is 0.329 e. The summed E-state index contributed by atoms with van der Waals surface area (Å²) in [5.41, 5.74) is 0.874. The van der Waals surface area contributed by atoms with Crippen molar-refractivity contribution in [2.75, 3.05) is 0 Å². The van der Waals surface area contributed by atoms with E-state index in [4.69, 9.17) is 0 Å². The number of halogens is 1. The molecule has 152 valence electrons. The highest BCUT2D eigenvalue weighted by atomic mass is 19.1. The third-order valence-corrected chi connectivity index (χ3v) is 5.62. The molecule has 8 nitrogen and oxygen atoms in total. The predicted octanol–water partition coefficient (Wildman–Crippen LogP) is 1.46. The van der Waals surface area contributed by atoms with Crippen molar-refractivity contribution >= 4 is 17.1 Å². The maximum atomic E-state index is 14.1. The number of aryl methyl sites for hydroxylation is 2. The van der Waals surface area contributed by atoms with Crippen LogP contribution in [0.2, 0.25) is 0 Å². The summed E-state index contributed by atoms with van der Waals surface area (Å²) in [6, 6.07) is 4.75. The van der Waals surface area contributed by atoms with E-state index in [0.717, 1.165) is 12.0 Å². The van der Waals surface area contributed by atoms with Gasteiger partial charge in [0, 0.05) is 19.9 Å². The average molecular weight is 399 g/mol. The van der Waals surface area contributed by atoms with Gasteiger partial charge in [-0.15, -0.1) is 0 Å². The van der Waals surface area contributed by atoms with Gasteiger partial charge in [0.2, 0.25) is 5.91 Å². The lowest BCUT2D eigenvalue weighted by molar-refractivity contribution is -0.122. The van der Waals surface area contributed by atoms with Crippen molar-refractivity contribution in [1.82, 2.24) is 24.8 Å². The second-order valence-corrected chi connectivity index (χ2v) is 7.57. The molecule has 2 atom stereocenters. The number of amides is 1. The first kappa shape index (κ1) is 19.1. The highest BCUT2D eigenvalue weighted by Gasteiger charge is 2.29. The fourth-order valence-electron chi connectivity index (χ4n) is 3.94. The third-order valence-electron chi connectivity index (χ3n) is 5.62. The van der Waals surface area contributed by atoms with Crippen LogP contribution in [0, 0.1) is 11.7 Å². The topological polar surface area (TPSA) is 113 Å². The zero-order valence-corrected chi connectivity index (χ0v) is 16.2. The van der Waals surface area contributed by atoms with Gasteiger partial charge in [-0.05, 0) is 36.0 Å². The summed E-state index contributed by atoms with van der Waals surface area (Å²) >= 11 is 0. The molecular weight excluding hydrogens is 377 g/mol. The number of aromatic amines is 2. The number of nitrogens with zero attached hydrogens (tertiary/aromatic N) is 2. The number of carbonyl (C=O) groups is 1. The summed E-state index contributed by atoms with van der Waals surface area (Å²) in [6.45, 7) is 2.05. The lowest BCUT2D eigenvalue weighted by atomic mass is 9.80. The number of imidazole rings is 1. The Morgan fingerprint density at radius 1 is 1.34 bits per heavy atom. The van der Waals surface area contributed by atoms with E-state index >= 15 is 0 Å². The lowest BCUT2D eigenvalue weighted by Crippen LogP contribution is -2.35. The SMILES string of the molecule is CC1CCc2c(F)cccc2C1NC(=O)CCc1nc2c([nH]1)c(=O)[nH]c(=O)n2C. The second kappa shape index (κ2) is 7.31. The van der Waals surface area contributed by atoms with Gasteiger partial charge in [-0.25, -0.2) is 14.2 Å². The molecule has 0 saturated carbocycles. The number of rotatable bonds is 4. The Labute approximate surface area is 165 Å².